The van der Waals surface area contributed by atoms with Crippen LogP contribution in [0.5, 0.6) is 5.75 Å². The van der Waals surface area contributed by atoms with E-state index in [-0.39, 0.29) is 24.7 Å². The highest BCUT2D eigenvalue weighted by Crippen LogP contribution is 2.23. The number of rotatable bonds is 8. The molecule has 6 heteroatoms. The van der Waals surface area contributed by atoms with Crippen molar-refractivity contribution in [1.82, 2.24) is 10.6 Å². The molecule has 0 unspecified atom stereocenters. The van der Waals surface area contributed by atoms with E-state index in [1.807, 2.05) is 6.92 Å². The molecule has 0 atom stereocenters. The first kappa shape index (κ1) is 16.4. The molecule has 0 aliphatic rings. The van der Waals surface area contributed by atoms with Gasteiger partial charge in [0.25, 0.3) is 0 Å². The van der Waals surface area contributed by atoms with E-state index in [0.29, 0.717) is 18.5 Å². The summed E-state index contributed by atoms with van der Waals surface area (Å²) < 4.78 is 32.5. The Bertz CT molecular complexity index is 430. The maximum atomic E-state index is 13.7. The van der Waals surface area contributed by atoms with E-state index in [9.17, 15) is 13.6 Å². The summed E-state index contributed by atoms with van der Waals surface area (Å²) in [4.78, 5) is 11.0. The van der Waals surface area contributed by atoms with Crippen molar-refractivity contribution in [2.24, 2.45) is 0 Å². The number of amides is 1. The molecule has 0 aliphatic carbocycles. The number of halogens is 2. The van der Waals surface area contributed by atoms with Crippen molar-refractivity contribution in [2.45, 2.75) is 26.3 Å². The molecule has 0 aliphatic heterocycles. The predicted molar refractivity (Wildman–Crippen MR) is 72.5 cm³/mol. The van der Waals surface area contributed by atoms with Crippen LogP contribution in [-0.4, -0.2) is 26.1 Å². The molecular formula is C14H20F2N2O2. The van der Waals surface area contributed by atoms with Crippen molar-refractivity contribution in [2.75, 3.05) is 20.2 Å². The van der Waals surface area contributed by atoms with Crippen LogP contribution in [-0.2, 0) is 11.3 Å². The highest BCUT2D eigenvalue weighted by Gasteiger charge is 2.12. The standard InChI is InChI=1S/C14H20F2N2O2/c1-3-18-9-10-7-11(15)14(12(16)8-10)20-6-4-5-13(19)17-2/h7-8,18H,3-6,9H2,1-2H3,(H,17,19). The summed E-state index contributed by atoms with van der Waals surface area (Å²) >= 11 is 0. The average Bonchev–Trinajstić information content (AvgIpc) is 2.43. The summed E-state index contributed by atoms with van der Waals surface area (Å²) in [6, 6.07) is 2.50. The van der Waals surface area contributed by atoms with E-state index in [0.717, 1.165) is 6.54 Å². The average molecular weight is 286 g/mol. The van der Waals surface area contributed by atoms with Crippen LogP contribution in [0, 0.1) is 11.6 Å². The maximum Gasteiger partial charge on any atom is 0.219 e. The quantitative estimate of drug-likeness (QED) is 0.718. The van der Waals surface area contributed by atoms with Crippen molar-refractivity contribution in [3.05, 3.63) is 29.3 Å². The second-order valence-corrected chi connectivity index (χ2v) is 4.29. The SMILES string of the molecule is CCNCc1cc(F)c(OCCCC(=O)NC)c(F)c1. The summed E-state index contributed by atoms with van der Waals surface area (Å²) in [5.41, 5.74) is 0.527. The van der Waals surface area contributed by atoms with Gasteiger partial charge in [0.1, 0.15) is 0 Å². The Kier molecular flexibility index (Phi) is 6.93. The van der Waals surface area contributed by atoms with Gasteiger partial charge >= 0.3 is 0 Å². The van der Waals surface area contributed by atoms with Gasteiger partial charge in [-0.15, -0.1) is 0 Å². The highest BCUT2D eigenvalue weighted by molar-refractivity contribution is 5.75. The van der Waals surface area contributed by atoms with E-state index >= 15 is 0 Å². The van der Waals surface area contributed by atoms with Gasteiger partial charge in [0.2, 0.25) is 5.91 Å². The fourth-order valence-electron chi connectivity index (χ4n) is 1.65. The van der Waals surface area contributed by atoms with Crippen LogP contribution < -0.4 is 15.4 Å². The van der Waals surface area contributed by atoms with E-state index in [1.54, 1.807) is 0 Å². The van der Waals surface area contributed by atoms with Crippen LogP contribution in [0.25, 0.3) is 0 Å². The molecule has 4 nitrogen and oxygen atoms in total. The first-order valence-corrected chi connectivity index (χ1v) is 6.60. The Hall–Kier alpha value is -1.69. The van der Waals surface area contributed by atoms with Gasteiger partial charge in [-0.3, -0.25) is 4.79 Å². The molecule has 1 aromatic carbocycles. The zero-order valence-electron chi connectivity index (χ0n) is 11.8. The first-order valence-electron chi connectivity index (χ1n) is 6.60. The van der Waals surface area contributed by atoms with Crippen molar-refractivity contribution < 1.29 is 18.3 Å². The summed E-state index contributed by atoms with van der Waals surface area (Å²) in [6.07, 6.45) is 0.663. The van der Waals surface area contributed by atoms with Gasteiger partial charge in [0.15, 0.2) is 17.4 Å². The highest BCUT2D eigenvalue weighted by atomic mass is 19.1. The molecule has 0 saturated heterocycles. The summed E-state index contributed by atoms with van der Waals surface area (Å²) in [7, 11) is 1.53. The van der Waals surface area contributed by atoms with Crippen LogP contribution >= 0.6 is 0 Å². The lowest BCUT2D eigenvalue weighted by molar-refractivity contribution is -0.120. The minimum atomic E-state index is -0.724. The van der Waals surface area contributed by atoms with Crippen LogP contribution in [0.1, 0.15) is 25.3 Å². The Morgan fingerprint density at radius 2 is 1.95 bits per heavy atom. The third-order valence-corrected chi connectivity index (χ3v) is 2.71. The Labute approximate surface area is 117 Å². The molecule has 1 rings (SSSR count). The number of ether oxygens (including phenoxy) is 1. The second kappa shape index (κ2) is 8.47. The van der Waals surface area contributed by atoms with Gasteiger partial charge in [-0.05, 0) is 30.7 Å². The fourth-order valence-corrected chi connectivity index (χ4v) is 1.65. The van der Waals surface area contributed by atoms with Gasteiger partial charge < -0.3 is 15.4 Å². The third-order valence-electron chi connectivity index (χ3n) is 2.71. The summed E-state index contributed by atoms with van der Waals surface area (Å²) in [5.74, 6) is -1.96. The zero-order valence-corrected chi connectivity index (χ0v) is 11.8. The molecule has 20 heavy (non-hydrogen) atoms. The number of hydrogen-bond acceptors (Lipinski definition) is 3. The van der Waals surface area contributed by atoms with Crippen molar-refractivity contribution in [3.8, 4) is 5.75 Å². The molecule has 1 amide bonds. The fraction of sp³-hybridized carbons (Fsp3) is 0.500. The van der Waals surface area contributed by atoms with Gasteiger partial charge in [-0.1, -0.05) is 6.92 Å². The van der Waals surface area contributed by atoms with Crippen LogP contribution in [0.15, 0.2) is 12.1 Å². The molecule has 112 valence electrons. The minimum Gasteiger partial charge on any atom is -0.488 e. The van der Waals surface area contributed by atoms with Gasteiger partial charge in [0.05, 0.1) is 6.61 Å². The number of benzene rings is 1. The molecule has 0 fully saturated rings. The predicted octanol–water partition coefficient (Wildman–Crippen LogP) is 1.98. The first-order chi connectivity index (χ1) is 9.58. The smallest absolute Gasteiger partial charge is 0.219 e. The second-order valence-electron chi connectivity index (χ2n) is 4.29. The lowest BCUT2D eigenvalue weighted by Gasteiger charge is -2.10. The molecular weight excluding hydrogens is 266 g/mol. The third kappa shape index (κ3) is 5.13. The van der Waals surface area contributed by atoms with Crippen LogP contribution in [0.4, 0.5) is 8.78 Å². The zero-order chi connectivity index (χ0) is 15.0. The Morgan fingerprint density at radius 1 is 1.30 bits per heavy atom. The van der Waals surface area contributed by atoms with Gasteiger partial charge in [-0.25, -0.2) is 8.78 Å². The normalized spacial score (nSPS) is 10.4. The lowest BCUT2D eigenvalue weighted by Crippen LogP contribution is -2.18. The Morgan fingerprint density at radius 3 is 2.50 bits per heavy atom. The Balaban J connectivity index is 2.55. The molecule has 0 heterocycles. The van der Waals surface area contributed by atoms with Crippen LogP contribution in [0.2, 0.25) is 0 Å². The molecule has 0 saturated carbocycles. The monoisotopic (exact) mass is 286 g/mol. The van der Waals surface area contributed by atoms with Gasteiger partial charge in [0, 0.05) is 20.0 Å². The topological polar surface area (TPSA) is 50.4 Å². The number of carbonyl (C=O) groups excluding carboxylic acids is 1. The molecule has 0 radical (unpaired) electrons. The molecule has 0 spiro atoms. The summed E-state index contributed by atoms with van der Waals surface area (Å²) in [5, 5.41) is 5.45. The maximum absolute atomic E-state index is 13.7. The van der Waals surface area contributed by atoms with E-state index in [2.05, 4.69) is 10.6 Å². The summed E-state index contributed by atoms with van der Waals surface area (Å²) in [6.45, 7) is 3.13. The van der Waals surface area contributed by atoms with Crippen molar-refractivity contribution >= 4 is 5.91 Å². The van der Waals surface area contributed by atoms with E-state index < -0.39 is 11.6 Å². The van der Waals surface area contributed by atoms with Crippen molar-refractivity contribution in [1.29, 1.82) is 0 Å². The lowest BCUT2D eigenvalue weighted by atomic mass is 10.2. The molecule has 0 aromatic heterocycles. The number of nitrogens with one attached hydrogen (secondary N) is 2. The van der Waals surface area contributed by atoms with Gasteiger partial charge in [-0.2, -0.15) is 0 Å². The minimum absolute atomic E-state index is 0.0911. The number of carbonyl (C=O) groups is 1. The van der Waals surface area contributed by atoms with E-state index in [4.69, 9.17) is 4.74 Å². The largest absolute Gasteiger partial charge is 0.488 e. The number of hydrogen-bond donors (Lipinski definition) is 2. The van der Waals surface area contributed by atoms with Crippen molar-refractivity contribution in [3.63, 3.8) is 0 Å². The molecule has 2 N–H and O–H groups in total. The molecule has 1 aromatic rings. The van der Waals surface area contributed by atoms with E-state index in [1.165, 1.54) is 19.2 Å². The van der Waals surface area contributed by atoms with Crippen LogP contribution in [0.3, 0.4) is 0 Å². The molecule has 0 bridgehead atoms.